The lowest BCUT2D eigenvalue weighted by atomic mass is 10.2. The van der Waals surface area contributed by atoms with Crippen molar-refractivity contribution in [3.8, 4) is 11.5 Å². The molecule has 0 radical (unpaired) electrons. The number of para-hydroxylation sites is 1. The van der Waals surface area contributed by atoms with Crippen molar-refractivity contribution >= 4 is 15.9 Å². The van der Waals surface area contributed by atoms with Crippen molar-refractivity contribution in [1.29, 1.82) is 0 Å². The minimum absolute atomic E-state index is 0. The number of hydrogen-bond acceptors (Lipinski definition) is 3. The molecule has 0 atom stereocenters. The summed E-state index contributed by atoms with van der Waals surface area (Å²) in [5.41, 5.74) is 1.31. The average Bonchev–Trinajstić information content (AvgIpc) is 2.70. The van der Waals surface area contributed by atoms with Gasteiger partial charge in [-0.3, -0.25) is 0 Å². The van der Waals surface area contributed by atoms with Crippen LogP contribution in [0.15, 0.2) is 54.6 Å². The van der Waals surface area contributed by atoms with E-state index in [1.54, 1.807) is 0 Å². The van der Waals surface area contributed by atoms with Gasteiger partial charge in [0.1, 0.15) is 31.2 Å². The lowest BCUT2D eigenvalue weighted by Gasteiger charge is -2.29. The second kappa shape index (κ2) is 14.8. The molecule has 0 heterocycles. The maximum atomic E-state index is 5.77. The zero-order valence-corrected chi connectivity index (χ0v) is 20.7. The molecule has 0 aliphatic heterocycles. The molecule has 162 valence electrons. The van der Waals surface area contributed by atoms with Crippen LogP contribution in [0.25, 0.3) is 0 Å². The van der Waals surface area contributed by atoms with Gasteiger partial charge in [0.2, 0.25) is 0 Å². The van der Waals surface area contributed by atoms with Crippen molar-refractivity contribution in [3.05, 3.63) is 60.2 Å². The molecule has 0 aromatic heterocycles. The molecule has 0 saturated carbocycles. The lowest BCUT2D eigenvalue weighted by molar-refractivity contribution is -0.904. The van der Waals surface area contributed by atoms with Crippen LogP contribution in [0.2, 0.25) is 0 Å². The van der Waals surface area contributed by atoms with E-state index in [2.05, 4.69) is 54.3 Å². The van der Waals surface area contributed by atoms with Crippen molar-refractivity contribution in [1.82, 2.24) is 0 Å². The van der Waals surface area contributed by atoms with Gasteiger partial charge in [-0.2, -0.15) is 0 Å². The van der Waals surface area contributed by atoms with Crippen LogP contribution in [0.4, 0.5) is 0 Å². The molecular weight excluding hydrogens is 498 g/mol. The second-order valence-electron chi connectivity index (χ2n) is 7.48. The second-order valence-corrected chi connectivity index (χ2v) is 8.27. The number of unbranched alkanes of at least 4 members (excludes halogenated alkanes) is 1. The fourth-order valence-corrected chi connectivity index (χ4v) is 3.20. The molecule has 6 heteroatoms. The third-order valence-electron chi connectivity index (χ3n) is 4.41. The first-order valence-electron chi connectivity index (χ1n) is 9.94. The smallest absolute Gasteiger partial charge is 0.119 e. The van der Waals surface area contributed by atoms with Gasteiger partial charge in [0.15, 0.2) is 0 Å². The van der Waals surface area contributed by atoms with Gasteiger partial charge in [0.25, 0.3) is 0 Å². The predicted molar refractivity (Wildman–Crippen MR) is 118 cm³/mol. The van der Waals surface area contributed by atoms with Gasteiger partial charge in [0.05, 0.1) is 33.9 Å². The molecule has 4 nitrogen and oxygen atoms in total. The Labute approximate surface area is 194 Å². The molecule has 0 amide bonds. The number of halogens is 2. The number of quaternary nitrogens is 1. The summed E-state index contributed by atoms with van der Waals surface area (Å²) in [7, 11) is 4.46. The van der Waals surface area contributed by atoms with E-state index < -0.39 is 0 Å². The van der Waals surface area contributed by atoms with Gasteiger partial charge in [0, 0.05) is 10.9 Å². The minimum Gasteiger partial charge on any atom is -1.00 e. The van der Waals surface area contributed by atoms with E-state index in [1.807, 2.05) is 30.3 Å². The Kier molecular flexibility index (Phi) is 13.3. The third-order valence-corrected chi connectivity index (χ3v) is 4.97. The fraction of sp³-hybridized carbons (Fsp3) is 0.478. The van der Waals surface area contributed by atoms with Gasteiger partial charge < -0.3 is 35.7 Å². The summed E-state index contributed by atoms with van der Waals surface area (Å²) < 4.78 is 18.0. The number of hydrogen-bond donors (Lipinski definition) is 0. The van der Waals surface area contributed by atoms with E-state index in [1.165, 1.54) is 5.56 Å². The molecular formula is C23H33Br2NO3. The third kappa shape index (κ3) is 11.6. The molecule has 0 aliphatic rings. The molecule has 0 aliphatic carbocycles. The Balaban J connectivity index is 0.00000420. The molecule has 0 saturated heterocycles. The monoisotopic (exact) mass is 529 g/mol. The Morgan fingerprint density at radius 1 is 0.759 bits per heavy atom. The number of likely N-dealkylation sites (N-methyl/N-ethyl adjacent to an activating group) is 1. The van der Waals surface area contributed by atoms with Crippen LogP contribution in [-0.2, 0) is 11.3 Å². The van der Waals surface area contributed by atoms with Crippen LogP contribution >= 0.6 is 15.9 Å². The predicted octanol–water partition coefficient (Wildman–Crippen LogP) is 1.92. The van der Waals surface area contributed by atoms with Gasteiger partial charge in [-0.25, -0.2) is 0 Å². The van der Waals surface area contributed by atoms with E-state index in [9.17, 15) is 0 Å². The molecule has 2 aromatic rings. The summed E-state index contributed by atoms with van der Waals surface area (Å²) in [6, 6.07) is 18.3. The summed E-state index contributed by atoms with van der Waals surface area (Å²) in [5, 5.41) is 1.03. The first-order valence-corrected chi connectivity index (χ1v) is 11.1. The summed E-state index contributed by atoms with van der Waals surface area (Å²) in [4.78, 5) is 0. The van der Waals surface area contributed by atoms with Crippen LogP contribution in [0.3, 0.4) is 0 Å². The van der Waals surface area contributed by atoms with Gasteiger partial charge in [-0.15, -0.1) is 0 Å². The molecule has 0 N–H and O–H groups in total. The van der Waals surface area contributed by atoms with Crippen molar-refractivity contribution in [2.24, 2.45) is 0 Å². The Hall–Kier alpha value is -1.08. The highest BCUT2D eigenvalue weighted by Crippen LogP contribution is 2.16. The first kappa shape index (κ1) is 26.0. The minimum atomic E-state index is 0. The maximum Gasteiger partial charge on any atom is 0.119 e. The molecule has 2 rings (SSSR count). The van der Waals surface area contributed by atoms with Crippen molar-refractivity contribution < 1.29 is 35.7 Å². The summed E-state index contributed by atoms with van der Waals surface area (Å²) in [5.74, 6) is 1.84. The van der Waals surface area contributed by atoms with Crippen LogP contribution in [0.5, 0.6) is 11.5 Å². The van der Waals surface area contributed by atoms with E-state index in [0.29, 0.717) is 13.2 Å². The largest absolute Gasteiger partial charge is 1.00 e. The van der Waals surface area contributed by atoms with E-state index in [0.717, 1.165) is 60.5 Å². The fourth-order valence-electron chi connectivity index (χ4n) is 2.80. The number of rotatable bonds is 14. The Bertz CT molecular complexity index is 651. The quantitative estimate of drug-likeness (QED) is 0.212. The van der Waals surface area contributed by atoms with Gasteiger partial charge in [-0.1, -0.05) is 34.1 Å². The standard InChI is InChI=1S/C23H33BrNO3.BrH/c1-25(2,15-17-26-18-19-28-22-8-4-3-5-9-22)20-21-10-12-23(13-11-21)27-16-7-6-14-24;/h3-5,8-13H,6-7,14-20H2,1-2H3;1H/q+1;/p-1. The van der Waals surface area contributed by atoms with Crippen molar-refractivity contribution in [2.45, 2.75) is 19.4 Å². The van der Waals surface area contributed by atoms with Crippen LogP contribution < -0.4 is 26.5 Å². The first-order chi connectivity index (χ1) is 13.6. The highest BCUT2D eigenvalue weighted by Gasteiger charge is 2.15. The highest BCUT2D eigenvalue weighted by atomic mass is 79.9. The number of benzene rings is 2. The van der Waals surface area contributed by atoms with Crippen LogP contribution in [0.1, 0.15) is 18.4 Å². The molecule has 2 aromatic carbocycles. The molecule has 0 bridgehead atoms. The number of nitrogens with zero attached hydrogens (tertiary/aromatic N) is 1. The van der Waals surface area contributed by atoms with Crippen LogP contribution in [-0.4, -0.2) is 56.9 Å². The Morgan fingerprint density at radius 3 is 2.10 bits per heavy atom. The molecule has 0 spiro atoms. The maximum absolute atomic E-state index is 5.77. The van der Waals surface area contributed by atoms with E-state index in [-0.39, 0.29) is 17.0 Å². The SMILES string of the molecule is C[N+](C)(CCOCCOc1ccccc1)Cc1ccc(OCCCCBr)cc1.[Br-]. The number of alkyl halides is 1. The topological polar surface area (TPSA) is 27.7 Å². The summed E-state index contributed by atoms with van der Waals surface area (Å²) in [6.07, 6.45) is 2.22. The zero-order chi connectivity index (χ0) is 20.1. The molecule has 0 fully saturated rings. The van der Waals surface area contributed by atoms with Crippen LogP contribution in [0, 0.1) is 0 Å². The Morgan fingerprint density at radius 2 is 1.41 bits per heavy atom. The normalized spacial score (nSPS) is 11.0. The zero-order valence-electron chi connectivity index (χ0n) is 17.5. The van der Waals surface area contributed by atoms with E-state index >= 15 is 0 Å². The van der Waals surface area contributed by atoms with Gasteiger partial charge in [-0.05, 0) is 49.2 Å². The summed E-state index contributed by atoms with van der Waals surface area (Å²) in [6.45, 7) is 4.60. The average molecular weight is 531 g/mol. The number of ether oxygens (including phenoxy) is 3. The van der Waals surface area contributed by atoms with E-state index in [4.69, 9.17) is 14.2 Å². The van der Waals surface area contributed by atoms with Crippen molar-refractivity contribution in [2.75, 3.05) is 52.4 Å². The molecule has 0 unspecified atom stereocenters. The van der Waals surface area contributed by atoms with Gasteiger partial charge >= 0.3 is 0 Å². The summed E-state index contributed by atoms with van der Waals surface area (Å²) >= 11 is 3.44. The van der Waals surface area contributed by atoms with Crippen molar-refractivity contribution in [3.63, 3.8) is 0 Å². The molecule has 29 heavy (non-hydrogen) atoms. The lowest BCUT2D eigenvalue weighted by Crippen LogP contribution is -3.00. The highest BCUT2D eigenvalue weighted by molar-refractivity contribution is 9.09.